The van der Waals surface area contributed by atoms with Crippen LogP contribution in [-0.4, -0.2) is 56.7 Å². The van der Waals surface area contributed by atoms with Crippen LogP contribution in [0.5, 0.6) is 0 Å². The van der Waals surface area contributed by atoms with Crippen molar-refractivity contribution >= 4 is 34.1 Å². The van der Waals surface area contributed by atoms with Crippen molar-refractivity contribution in [3.05, 3.63) is 64.0 Å². The van der Waals surface area contributed by atoms with Crippen molar-refractivity contribution in [3.8, 4) is 5.69 Å². The first-order valence-electron chi connectivity index (χ1n) is 12.6. The Kier molecular flexibility index (Phi) is 7.00. The van der Waals surface area contributed by atoms with Crippen LogP contribution in [0.4, 0.5) is 10.2 Å². The van der Waals surface area contributed by atoms with E-state index in [1.807, 2.05) is 29.3 Å². The molecule has 0 spiro atoms. The first-order valence-corrected chi connectivity index (χ1v) is 13.4. The largest absolute Gasteiger partial charge is 0.354 e. The highest BCUT2D eigenvalue weighted by molar-refractivity contribution is 7.12. The Labute approximate surface area is 214 Å². The van der Waals surface area contributed by atoms with Gasteiger partial charge in [0.25, 0.3) is 5.91 Å². The summed E-state index contributed by atoms with van der Waals surface area (Å²) in [7, 11) is 0. The second-order valence-electron chi connectivity index (χ2n) is 9.38. The van der Waals surface area contributed by atoms with Crippen molar-refractivity contribution in [3.63, 3.8) is 0 Å². The summed E-state index contributed by atoms with van der Waals surface area (Å²) >= 11 is 1.48. The Hall–Kier alpha value is -3.33. The Morgan fingerprint density at radius 3 is 2.64 bits per heavy atom. The summed E-state index contributed by atoms with van der Waals surface area (Å²) in [5, 5.41) is 7.64. The predicted octanol–water partition coefficient (Wildman–Crippen LogP) is 5.58. The first-order chi connectivity index (χ1) is 17.5. The highest BCUT2D eigenvalue weighted by Gasteiger charge is 2.26. The van der Waals surface area contributed by atoms with E-state index in [2.05, 4.69) is 18.7 Å². The molecule has 0 unspecified atom stereocenters. The number of nitrogens with zero attached hydrogens (tertiary/aromatic N) is 6. The number of aryl methyl sites for hydroxylation is 1. The van der Waals surface area contributed by atoms with Crippen molar-refractivity contribution in [2.75, 3.05) is 31.1 Å². The smallest absolute Gasteiger partial charge is 0.263 e. The van der Waals surface area contributed by atoms with Gasteiger partial charge in [0, 0.05) is 32.1 Å². The van der Waals surface area contributed by atoms with Crippen molar-refractivity contribution in [2.45, 2.75) is 46.0 Å². The molecule has 1 amide bonds. The maximum atomic E-state index is 13.6. The number of carbonyl (C=O) groups is 1. The monoisotopic (exact) mass is 506 g/mol. The lowest BCUT2D eigenvalue weighted by Gasteiger charge is -2.24. The van der Waals surface area contributed by atoms with E-state index in [9.17, 15) is 9.18 Å². The number of amides is 1. The van der Waals surface area contributed by atoms with Crippen molar-refractivity contribution in [2.24, 2.45) is 0 Å². The number of halogens is 1. The summed E-state index contributed by atoms with van der Waals surface area (Å²) < 4.78 is 15.4. The molecule has 0 N–H and O–H groups in total. The van der Waals surface area contributed by atoms with Crippen LogP contribution < -0.4 is 4.90 Å². The minimum atomic E-state index is -0.286. The predicted molar refractivity (Wildman–Crippen MR) is 142 cm³/mol. The van der Waals surface area contributed by atoms with E-state index in [1.165, 1.54) is 23.5 Å². The summed E-state index contributed by atoms with van der Waals surface area (Å²) in [5.74, 6) is 1.66. The van der Waals surface area contributed by atoms with Gasteiger partial charge in [0.1, 0.15) is 17.5 Å². The third-order valence-corrected chi connectivity index (χ3v) is 7.61. The van der Waals surface area contributed by atoms with Crippen LogP contribution >= 0.6 is 11.3 Å². The number of rotatable bonds is 6. The van der Waals surface area contributed by atoms with E-state index in [1.54, 1.807) is 16.8 Å². The zero-order valence-corrected chi connectivity index (χ0v) is 21.8. The summed E-state index contributed by atoms with van der Waals surface area (Å²) in [4.78, 5) is 28.0. The molecule has 7 nitrogen and oxygen atoms in total. The van der Waals surface area contributed by atoms with Crippen LogP contribution in [-0.2, 0) is 0 Å². The zero-order valence-electron chi connectivity index (χ0n) is 20.9. The molecular weight excluding hydrogens is 475 g/mol. The third-order valence-electron chi connectivity index (χ3n) is 6.75. The molecule has 1 atom stereocenters. The Balaban J connectivity index is 1.55. The number of anilines is 1. The van der Waals surface area contributed by atoms with E-state index < -0.39 is 0 Å². The molecule has 1 aromatic carbocycles. The fourth-order valence-electron chi connectivity index (χ4n) is 4.84. The van der Waals surface area contributed by atoms with Gasteiger partial charge < -0.3 is 9.80 Å². The minimum Gasteiger partial charge on any atom is -0.354 e. The second kappa shape index (κ2) is 10.3. The molecule has 1 saturated heterocycles. The first kappa shape index (κ1) is 24.4. The van der Waals surface area contributed by atoms with Gasteiger partial charge in [-0.3, -0.25) is 4.79 Å². The quantitative estimate of drug-likeness (QED) is 0.342. The Morgan fingerprint density at radius 1 is 1.11 bits per heavy atom. The van der Waals surface area contributed by atoms with Crippen molar-refractivity contribution in [1.29, 1.82) is 0 Å². The third kappa shape index (κ3) is 4.72. The lowest BCUT2D eigenvalue weighted by Crippen LogP contribution is -2.35. The number of hydrogen-bond acceptors (Lipinski definition) is 6. The molecule has 36 heavy (non-hydrogen) atoms. The fourth-order valence-corrected chi connectivity index (χ4v) is 5.53. The average Bonchev–Trinajstić information content (AvgIpc) is 3.45. The molecule has 0 bridgehead atoms. The molecule has 0 aliphatic carbocycles. The Bertz CT molecular complexity index is 1350. The summed E-state index contributed by atoms with van der Waals surface area (Å²) in [6, 6.07) is 10.1. The number of thiophene rings is 1. The van der Waals surface area contributed by atoms with Crippen LogP contribution in [0, 0.1) is 12.7 Å². The van der Waals surface area contributed by atoms with Gasteiger partial charge in [-0.15, -0.1) is 11.3 Å². The van der Waals surface area contributed by atoms with Crippen LogP contribution in [0.15, 0.2) is 41.8 Å². The summed E-state index contributed by atoms with van der Waals surface area (Å²) in [6.07, 6.45) is 2.88. The van der Waals surface area contributed by atoms with Gasteiger partial charge in [0.15, 0.2) is 5.65 Å². The Morgan fingerprint density at radius 2 is 1.92 bits per heavy atom. The van der Waals surface area contributed by atoms with Gasteiger partial charge in [-0.05, 0) is 55.5 Å². The van der Waals surface area contributed by atoms with Crippen molar-refractivity contribution in [1.82, 2.24) is 24.6 Å². The van der Waals surface area contributed by atoms with Crippen LogP contribution in [0.25, 0.3) is 16.7 Å². The lowest BCUT2D eigenvalue weighted by atomic mass is 10.1. The molecule has 188 valence electrons. The highest BCUT2D eigenvalue weighted by atomic mass is 32.1. The zero-order chi connectivity index (χ0) is 25.2. The maximum Gasteiger partial charge on any atom is 0.263 e. The van der Waals surface area contributed by atoms with Gasteiger partial charge in [-0.25, -0.2) is 19.0 Å². The van der Waals surface area contributed by atoms with E-state index in [-0.39, 0.29) is 17.6 Å². The summed E-state index contributed by atoms with van der Waals surface area (Å²) in [6.45, 7) is 9.12. The van der Waals surface area contributed by atoms with Crippen LogP contribution in [0.3, 0.4) is 0 Å². The number of fused-ring (bicyclic) bond motifs is 1. The van der Waals surface area contributed by atoms with Gasteiger partial charge in [-0.1, -0.05) is 26.3 Å². The van der Waals surface area contributed by atoms with Crippen LogP contribution in [0.2, 0.25) is 0 Å². The molecule has 0 saturated carbocycles. The lowest BCUT2D eigenvalue weighted by molar-refractivity contribution is 0.0772. The minimum absolute atomic E-state index is 0.0947. The number of carbonyl (C=O) groups excluding carboxylic acids is 1. The number of hydrogen-bond donors (Lipinski definition) is 0. The molecule has 1 aliphatic rings. The van der Waals surface area contributed by atoms with E-state index in [0.29, 0.717) is 19.6 Å². The van der Waals surface area contributed by atoms with E-state index in [4.69, 9.17) is 15.1 Å². The molecule has 5 rings (SSSR count). The SMILES string of the molecule is CCC[C@H](C)c1nc(N2CCCN(C(=O)c3cccs3)CC2)c2c(C)nn(-c3ccc(F)cc3)c2n1. The van der Waals surface area contributed by atoms with E-state index >= 15 is 0 Å². The van der Waals surface area contributed by atoms with Gasteiger partial charge in [-0.2, -0.15) is 5.10 Å². The van der Waals surface area contributed by atoms with Gasteiger partial charge in [0.2, 0.25) is 0 Å². The average molecular weight is 507 g/mol. The second-order valence-corrected chi connectivity index (χ2v) is 10.3. The fraction of sp³-hybridized carbons (Fsp3) is 0.407. The van der Waals surface area contributed by atoms with Crippen molar-refractivity contribution < 1.29 is 9.18 Å². The standard InChI is InChI=1S/C27H31FN6OS/c1-4-7-18(2)24-29-25(32-13-6-14-33(16-15-32)27(35)22-8-5-17-36-22)23-19(3)31-34(26(23)30-24)21-11-9-20(28)10-12-21/h5,8-12,17-18H,4,6-7,13-16H2,1-3H3/t18-/m0/s1. The molecule has 3 aromatic heterocycles. The normalized spacial score (nSPS) is 15.3. The maximum absolute atomic E-state index is 13.6. The molecule has 1 fully saturated rings. The molecule has 1 aliphatic heterocycles. The molecule has 4 heterocycles. The van der Waals surface area contributed by atoms with Gasteiger partial charge in [0.05, 0.1) is 21.6 Å². The summed E-state index contributed by atoms with van der Waals surface area (Å²) in [5.41, 5.74) is 2.32. The molecule has 9 heteroatoms. The molecule has 0 radical (unpaired) electrons. The highest BCUT2D eigenvalue weighted by Crippen LogP contribution is 2.32. The topological polar surface area (TPSA) is 67.2 Å². The number of aromatic nitrogens is 4. The molecular formula is C27H31FN6OS. The van der Waals surface area contributed by atoms with Crippen LogP contribution in [0.1, 0.15) is 60.2 Å². The molecule has 4 aromatic rings. The van der Waals surface area contributed by atoms with Gasteiger partial charge >= 0.3 is 0 Å². The van der Waals surface area contributed by atoms with E-state index in [0.717, 1.165) is 64.7 Å². The number of benzene rings is 1.